The van der Waals surface area contributed by atoms with Crippen molar-refractivity contribution < 1.29 is 19.0 Å². The maximum atomic E-state index is 12.0. The van der Waals surface area contributed by atoms with Gasteiger partial charge in [-0.05, 0) is 18.6 Å². The SMILES string of the molecule is CCOC(=O)C1CNCC1c1ccc(OC)cc1OC. The van der Waals surface area contributed by atoms with Crippen LogP contribution in [0.1, 0.15) is 18.4 Å². The van der Waals surface area contributed by atoms with Crippen molar-refractivity contribution in [1.29, 1.82) is 0 Å². The van der Waals surface area contributed by atoms with Crippen LogP contribution in [0.3, 0.4) is 0 Å². The number of ether oxygens (including phenoxy) is 3. The monoisotopic (exact) mass is 279 g/mol. The number of esters is 1. The zero-order chi connectivity index (χ0) is 14.5. The molecule has 1 aliphatic heterocycles. The normalized spacial score (nSPS) is 21.6. The molecule has 0 aliphatic carbocycles. The zero-order valence-electron chi connectivity index (χ0n) is 12.1. The zero-order valence-corrected chi connectivity index (χ0v) is 12.1. The summed E-state index contributed by atoms with van der Waals surface area (Å²) in [5.74, 6) is 1.23. The van der Waals surface area contributed by atoms with Crippen LogP contribution >= 0.6 is 0 Å². The smallest absolute Gasteiger partial charge is 0.310 e. The van der Waals surface area contributed by atoms with Gasteiger partial charge in [-0.2, -0.15) is 0 Å². The Balaban J connectivity index is 2.27. The molecule has 1 N–H and O–H groups in total. The largest absolute Gasteiger partial charge is 0.497 e. The van der Waals surface area contributed by atoms with Crippen molar-refractivity contribution in [3.05, 3.63) is 23.8 Å². The summed E-state index contributed by atoms with van der Waals surface area (Å²) in [6.45, 7) is 3.61. The van der Waals surface area contributed by atoms with Crippen LogP contribution in [0.5, 0.6) is 11.5 Å². The number of rotatable bonds is 5. The molecule has 5 nitrogen and oxygen atoms in total. The van der Waals surface area contributed by atoms with E-state index in [4.69, 9.17) is 14.2 Å². The van der Waals surface area contributed by atoms with Crippen LogP contribution in [0.2, 0.25) is 0 Å². The van der Waals surface area contributed by atoms with E-state index in [1.54, 1.807) is 14.2 Å². The first-order valence-electron chi connectivity index (χ1n) is 6.80. The molecule has 0 radical (unpaired) electrons. The summed E-state index contributed by atoms with van der Waals surface area (Å²) in [7, 11) is 3.24. The summed E-state index contributed by atoms with van der Waals surface area (Å²) >= 11 is 0. The van der Waals surface area contributed by atoms with Crippen molar-refractivity contribution in [2.24, 2.45) is 5.92 Å². The molecule has 2 unspecified atom stereocenters. The third-order valence-electron chi connectivity index (χ3n) is 3.64. The Bertz CT molecular complexity index is 475. The third-order valence-corrected chi connectivity index (χ3v) is 3.64. The number of carbonyl (C=O) groups excluding carboxylic acids is 1. The number of nitrogens with one attached hydrogen (secondary N) is 1. The van der Waals surface area contributed by atoms with E-state index in [0.717, 1.165) is 23.6 Å². The highest BCUT2D eigenvalue weighted by Gasteiger charge is 2.36. The topological polar surface area (TPSA) is 56.8 Å². The Kier molecular flexibility index (Phi) is 4.84. The van der Waals surface area contributed by atoms with Crippen molar-refractivity contribution >= 4 is 5.97 Å². The maximum absolute atomic E-state index is 12.0. The second-order valence-electron chi connectivity index (χ2n) is 4.73. The van der Waals surface area contributed by atoms with Crippen molar-refractivity contribution in [2.45, 2.75) is 12.8 Å². The highest BCUT2D eigenvalue weighted by molar-refractivity contribution is 5.75. The maximum Gasteiger partial charge on any atom is 0.310 e. The predicted octanol–water partition coefficient (Wildman–Crippen LogP) is 1.57. The summed E-state index contributed by atoms with van der Waals surface area (Å²) in [6, 6.07) is 5.69. The van der Waals surface area contributed by atoms with Crippen LogP contribution in [0.15, 0.2) is 18.2 Å². The van der Waals surface area contributed by atoms with Gasteiger partial charge >= 0.3 is 5.97 Å². The van der Waals surface area contributed by atoms with E-state index in [1.165, 1.54) is 0 Å². The number of methoxy groups -OCH3 is 2. The Morgan fingerprint density at radius 3 is 2.75 bits per heavy atom. The molecule has 1 aromatic rings. The molecule has 1 aliphatic rings. The molecule has 0 spiro atoms. The highest BCUT2D eigenvalue weighted by atomic mass is 16.5. The van der Waals surface area contributed by atoms with E-state index in [-0.39, 0.29) is 17.8 Å². The first-order valence-corrected chi connectivity index (χ1v) is 6.80. The third kappa shape index (κ3) is 2.88. The quantitative estimate of drug-likeness (QED) is 0.829. The second-order valence-corrected chi connectivity index (χ2v) is 4.73. The average molecular weight is 279 g/mol. The number of benzene rings is 1. The van der Waals surface area contributed by atoms with Crippen molar-refractivity contribution in [1.82, 2.24) is 5.32 Å². The molecule has 0 bridgehead atoms. The molecule has 20 heavy (non-hydrogen) atoms. The Morgan fingerprint density at radius 1 is 1.30 bits per heavy atom. The van der Waals surface area contributed by atoms with E-state index >= 15 is 0 Å². The fraction of sp³-hybridized carbons (Fsp3) is 0.533. The van der Waals surface area contributed by atoms with Gasteiger partial charge in [0.2, 0.25) is 0 Å². The van der Waals surface area contributed by atoms with Gasteiger partial charge in [0.25, 0.3) is 0 Å². The molecular weight excluding hydrogens is 258 g/mol. The molecule has 110 valence electrons. The summed E-state index contributed by atoms with van der Waals surface area (Å²) in [5, 5.41) is 3.25. The van der Waals surface area contributed by atoms with Crippen molar-refractivity contribution in [3.63, 3.8) is 0 Å². The van der Waals surface area contributed by atoms with E-state index in [9.17, 15) is 4.79 Å². The molecule has 0 aromatic heterocycles. The number of hydrogen-bond donors (Lipinski definition) is 1. The van der Waals surface area contributed by atoms with Gasteiger partial charge < -0.3 is 19.5 Å². The van der Waals surface area contributed by atoms with Gasteiger partial charge in [-0.1, -0.05) is 6.07 Å². The van der Waals surface area contributed by atoms with Gasteiger partial charge in [-0.25, -0.2) is 0 Å². The fourth-order valence-corrected chi connectivity index (χ4v) is 2.63. The summed E-state index contributed by atoms with van der Waals surface area (Å²) in [4.78, 5) is 12.0. The van der Waals surface area contributed by atoms with Crippen LogP contribution in [-0.2, 0) is 9.53 Å². The molecule has 5 heteroatoms. The highest BCUT2D eigenvalue weighted by Crippen LogP contribution is 2.36. The van der Waals surface area contributed by atoms with Crippen LogP contribution in [0.25, 0.3) is 0 Å². The first kappa shape index (κ1) is 14.7. The molecule has 1 fully saturated rings. The van der Waals surface area contributed by atoms with Gasteiger partial charge in [0, 0.05) is 25.1 Å². The van der Waals surface area contributed by atoms with E-state index in [2.05, 4.69) is 5.32 Å². The molecule has 1 heterocycles. The second kappa shape index (κ2) is 6.61. The minimum absolute atomic E-state index is 0.0647. The lowest BCUT2D eigenvalue weighted by Crippen LogP contribution is -2.24. The number of hydrogen-bond acceptors (Lipinski definition) is 5. The lowest BCUT2D eigenvalue weighted by Gasteiger charge is -2.20. The molecule has 1 saturated heterocycles. The fourth-order valence-electron chi connectivity index (χ4n) is 2.63. The molecule has 0 amide bonds. The lowest BCUT2D eigenvalue weighted by molar-refractivity contribution is -0.147. The minimum atomic E-state index is -0.169. The molecule has 1 aromatic carbocycles. The van der Waals surface area contributed by atoms with Gasteiger partial charge in [0.1, 0.15) is 11.5 Å². The van der Waals surface area contributed by atoms with Crippen LogP contribution in [0.4, 0.5) is 0 Å². The molecule has 2 atom stereocenters. The van der Waals surface area contributed by atoms with E-state index in [1.807, 2.05) is 25.1 Å². The average Bonchev–Trinajstić information content (AvgIpc) is 2.96. The van der Waals surface area contributed by atoms with Crippen LogP contribution < -0.4 is 14.8 Å². The Morgan fingerprint density at radius 2 is 2.10 bits per heavy atom. The van der Waals surface area contributed by atoms with Gasteiger partial charge in [0.15, 0.2) is 0 Å². The summed E-state index contributed by atoms with van der Waals surface area (Å²) in [5.41, 5.74) is 1.01. The number of carbonyl (C=O) groups is 1. The van der Waals surface area contributed by atoms with Crippen LogP contribution in [-0.4, -0.2) is 39.9 Å². The van der Waals surface area contributed by atoms with Gasteiger partial charge in [0.05, 0.1) is 26.7 Å². The van der Waals surface area contributed by atoms with E-state index in [0.29, 0.717) is 13.2 Å². The van der Waals surface area contributed by atoms with Crippen LogP contribution in [0, 0.1) is 5.92 Å². The predicted molar refractivity (Wildman–Crippen MR) is 75.3 cm³/mol. The standard InChI is InChI=1S/C15H21NO4/c1-4-20-15(17)13-9-16-8-12(13)11-6-5-10(18-2)7-14(11)19-3/h5-7,12-13,16H,4,8-9H2,1-3H3. The lowest BCUT2D eigenvalue weighted by atomic mass is 9.88. The molecule has 0 saturated carbocycles. The van der Waals surface area contributed by atoms with Gasteiger partial charge in [-0.3, -0.25) is 4.79 Å². The summed E-state index contributed by atoms with van der Waals surface area (Å²) < 4.78 is 15.8. The van der Waals surface area contributed by atoms with Crippen molar-refractivity contribution in [2.75, 3.05) is 33.9 Å². The minimum Gasteiger partial charge on any atom is -0.497 e. The summed E-state index contributed by atoms with van der Waals surface area (Å²) in [6.07, 6.45) is 0. The van der Waals surface area contributed by atoms with Gasteiger partial charge in [-0.15, -0.1) is 0 Å². The first-order chi connectivity index (χ1) is 9.71. The molecular formula is C15H21NO4. The Hall–Kier alpha value is -1.75. The van der Waals surface area contributed by atoms with E-state index < -0.39 is 0 Å². The molecule has 2 rings (SSSR count). The Labute approximate surface area is 119 Å². The van der Waals surface area contributed by atoms with Crippen molar-refractivity contribution in [3.8, 4) is 11.5 Å².